The first kappa shape index (κ1) is 19.0. The Morgan fingerprint density at radius 1 is 0.533 bits per heavy atom. The molecule has 0 aliphatic carbocycles. The molecule has 6 heteroatoms. The van der Waals surface area contributed by atoms with Crippen molar-refractivity contribution >= 4 is 45.3 Å². The third-order valence-electron chi connectivity index (χ3n) is 4.53. The molecule has 5 rings (SSSR count). The Kier molecular flexibility index (Phi) is 5.11. The average Bonchev–Trinajstić information content (AvgIpc) is 2.76. The van der Waals surface area contributed by atoms with Gasteiger partial charge in [0.1, 0.15) is 21.7 Å². The van der Waals surface area contributed by atoms with Crippen molar-refractivity contribution in [2.24, 2.45) is 0 Å². The number of hydrogen-bond donors (Lipinski definition) is 0. The summed E-state index contributed by atoms with van der Waals surface area (Å²) in [5, 5.41) is 3.63. The van der Waals surface area contributed by atoms with Crippen LogP contribution in [0.2, 0.25) is 0 Å². The van der Waals surface area contributed by atoms with Crippen LogP contribution in [0.15, 0.2) is 105 Å². The maximum Gasteiger partial charge on any atom is 0.134 e. The van der Waals surface area contributed by atoms with Crippen LogP contribution >= 0.6 is 23.5 Å². The van der Waals surface area contributed by atoms with E-state index in [0.717, 1.165) is 41.6 Å². The molecule has 5 aromatic rings. The lowest BCUT2D eigenvalue weighted by atomic mass is 10.1. The number of hydrogen-bond acceptors (Lipinski definition) is 4. The van der Waals surface area contributed by atoms with E-state index >= 15 is 0 Å². The fourth-order valence-electron chi connectivity index (χ4n) is 3.07. The first-order valence-electron chi connectivity index (χ1n) is 9.21. The molecule has 0 radical (unpaired) electrons. The molecule has 0 amide bonds. The van der Waals surface area contributed by atoms with Crippen LogP contribution in [-0.2, 0) is 0 Å². The normalized spacial score (nSPS) is 11.3. The highest BCUT2D eigenvalue weighted by Crippen LogP contribution is 2.38. The van der Waals surface area contributed by atoms with Gasteiger partial charge in [0.15, 0.2) is 0 Å². The second kappa shape index (κ2) is 8.05. The second-order valence-electron chi connectivity index (χ2n) is 6.63. The van der Waals surface area contributed by atoms with Gasteiger partial charge in [-0.25, -0.2) is 18.7 Å². The Morgan fingerprint density at radius 2 is 0.933 bits per heavy atom. The van der Waals surface area contributed by atoms with Crippen LogP contribution in [0.25, 0.3) is 21.8 Å². The molecule has 0 unspecified atom stereocenters. The molecule has 0 aliphatic heterocycles. The van der Waals surface area contributed by atoms with Crippen molar-refractivity contribution < 1.29 is 8.78 Å². The van der Waals surface area contributed by atoms with Gasteiger partial charge in [-0.2, -0.15) is 0 Å². The van der Waals surface area contributed by atoms with Crippen molar-refractivity contribution in [2.45, 2.75) is 19.8 Å². The molecule has 0 fully saturated rings. The number of aromatic nitrogens is 2. The molecule has 146 valence electrons. The van der Waals surface area contributed by atoms with Crippen LogP contribution in [0.3, 0.4) is 0 Å². The molecule has 30 heavy (non-hydrogen) atoms. The lowest BCUT2D eigenvalue weighted by Gasteiger charge is -2.10. The van der Waals surface area contributed by atoms with E-state index in [-0.39, 0.29) is 11.6 Å². The molecule has 2 nitrogen and oxygen atoms in total. The van der Waals surface area contributed by atoms with Crippen LogP contribution in [0.1, 0.15) is 0 Å². The highest BCUT2D eigenvalue weighted by atomic mass is 32.2. The van der Waals surface area contributed by atoms with Gasteiger partial charge in [0.2, 0.25) is 0 Å². The van der Waals surface area contributed by atoms with Gasteiger partial charge in [0, 0.05) is 9.79 Å². The summed E-state index contributed by atoms with van der Waals surface area (Å²) < 4.78 is 26.6. The Labute approximate surface area is 180 Å². The standard InChI is InChI=1S/C24H14F2N2S2/c25-17-5-9-19(10-6-17)29-23-24(30-20-11-7-18(26)8-12-20)28-22-14-16-4-2-1-3-15(16)13-21(22)27-23/h1-14H. The summed E-state index contributed by atoms with van der Waals surface area (Å²) in [5.41, 5.74) is 1.59. The zero-order valence-corrected chi connectivity index (χ0v) is 17.2. The Bertz CT molecular complexity index is 1250. The predicted octanol–water partition coefficient (Wildman–Crippen LogP) is 7.36. The van der Waals surface area contributed by atoms with Gasteiger partial charge in [-0.3, -0.25) is 0 Å². The Hall–Kier alpha value is -2.96. The maximum absolute atomic E-state index is 13.3. The van der Waals surface area contributed by atoms with Crippen molar-refractivity contribution in [2.75, 3.05) is 0 Å². The van der Waals surface area contributed by atoms with Gasteiger partial charge >= 0.3 is 0 Å². The number of fused-ring (bicyclic) bond motifs is 2. The molecule has 0 saturated carbocycles. The lowest BCUT2D eigenvalue weighted by Crippen LogP contribution is -1.93. The number of halogens is 2. The van der Waals surface area contributed by atoms with Crippen LogP contribution in [0, 0.1) is 11.6 Å². The zero-order chi connectivity index (χ0) is 20.5. The summed E-state index contributed by atoms with van der Waals surface area (Å²) in [6.45, 7) is 0. The monoisotopic (exact) mass is 432 g/mol. The van der Waals surface area contributed by atoms with E-state index in [1.54, 1.807) is 24.3 Å². The minimum atomic E-state index is -0.281. The third kappa shape index (κ3) is 4.01. The van der Waals surface area contributed by atoms with Crippen molar-refractivity contribution in [3.05, 3.63) is 96.6 Å². The molecular formula is C24H14F2N2S2. The van der Waals surface area contributed by atoms with E-state index in [2.05, 4.69) is 0 Å². The molecule has 0 aliphatic rings. The fourth-order valence-corrected chi connectivity index (χ4v) is 4.87. The van der Waals surface area contributed by atoms with Crippen molar-refractivity contribution in [1.29, 1.82) is 0 Å². The molecule has 1 aromatic heterocycles. The number of nitrogens with zero attached hydrogens (tertiary/aromatic N) is 2. The third-order valence-corrected chi connectivity index (χ3v) is 6.63. The summed E-state index contributed by atoms with van der Waals surface area (Å²) in [6.07, 6.45) is 0. The summed E-state index contributed by atoms with van der Waals surface area (Å²) in [4.78, 5) is 11.5. The van der Waals surface area contributed by atoms with Gasteiger partial charge in [0.25, 0.3) is 0 Å². The molecule has 4 aromatic carbocycles. The van der Waals surface area contributed by atoms with E-state index in [1.807, 2.05) is 36.4 Å². The smallest absolute Gasteiger partial charge is 0.134 e. The number of benzene rings is 4. The maximum atomic E-state index is 13.3. The molecule has 1 heterocycles. The molecule has 0 N–H and O–H groups in total. The van der Waals surface area contributed by atoms with E-state index in [1.165, 1.54) is 47.8 Å². The Balaban J connectivity index is 1.63. The molecule has 0 bridgehead atoms. The summed E-state index contributed by atoms with van der Waals surface area (Å²) in [6, 6.07) is 24.7. The van der Waals surface area contributed by atoms with Gasteiger partial charge in [-0.05, 0) is 71.4 Å². The topological polar surface area (TPSA) is 25.8 Å². The van der Waals surface area contributed by atoms with E-state index < -0.39 is 0 Å². The van der Waals surface area contributed by atoms with Crippen LogP contribution in [0.4, 0.5) is 8.78 Å². The molecule has 0 atom stereocenters. The Morgan fingerprint density at radius 3 is 1.33 bits per heavy atom. The van der Waals surface area contributed by atoms with Gasteiger partial charge in [-0.15, -0.1) is 0 Å². The van der Waals surface area contributed by atoms with E-state index in [9.17, 15) is 8.78 Å². The fraction of sp³-hybridized carbons (Fsp3) is 0. The molecular weight excluding hydrogens is 418 g/mol. The quantitative estimate of drug-likeness (QED) is 0.277. The van der Waals surface area contributed by atoms with Crippen molar-refractivity contribution in [1.82, 2.24) is 9.97 Å². The van der Waals surface area contributed by atoms with Gasteiger partial charge in [0.05, 0.1) is 11.0 Å². The first-order valence-corrected chi connectivity index (χ1v) is 10.8. The highest BCUT2D eigenvalue weighted by molar-refractivity contribution is 8.02. The van der Waals surface area contributed by atoms with Crippen LogP contribution < -0.4 is 0 Å². The van der Waals surface area contributed by atoms with E-state index in [0.29, 0.717) is 0 Å². The second-order valence-corrected chi connectivity index (χ2v) is 8.76. The number of rotatable bonds is 4. The minimum Gasteiger partial charge on any atom is -0.237 e. The average molecular weight is 433 g/mol. The zero-order valence-electron chi connectivity index (χ0n) is 15.5. The van der Waals surface area contributed by atoms with E-state index in [4.69, 9.17) is 9.97 Å². The van der Waals surface area contributed by atoms with Crippen LogP contribution in [0.5, 0.6) is 0 Å². The largest absolute Gasteiger partial charge is 0.237 e. The predicted molar refractivity (Wildman–Crippen MR) is 118 cm³/mol. The summed E-state index contributed by atoms with van der Waals surface area (Å²) in [7, 11) is 0. The summed E-state index contributed by atoms with van der Waals surface area (Å²) in [5.74, 6) is -0.562. The molecule has 0 saturated heterocycles. The van der Waals surface area contributed by atoms with Crippen molar-refractivity contribution in [3.8, 4) is 0 Å². The molecule has 0 spiro atoms. The van der Waals surface area contributed by atoms with Crippen molar-refractivity contribution in [3.63, 3.8) is 0 Å². The van der Waals surface area contributed by atoms with Gasteiger partial charge < -0.3 is 0 Å². The SMILES string of the molecule is Fc1ccc(Sc2nc3cc4ccccc4cc3nc2Sc2ccc(F)cc2)cc1. The lowest BCUT2D eigenvalue weighted by molar-refractivity contribution is 0.626. The van der Waals surface area contributed by atoms with Crippen LogP contribution in [-0.4, -0.2) is 9.97 Å². The summed E-state index contributed by atoms with van der Waals surface area (Å²) >= 11 is 2.86. The first-order chi connectivity index (χ1) is 14.6. The van der Waals surface area contributed by atoms with Gasteiger partial charge in [-0.1, -0.05) is 47.8 Å². The highest BCUT2D eigenvalue weighted by Gasteiger charge is 2.13. The minimum absolute atomic E-state index is 0.281.